The summed E-state index contributed by atoms with van der Waals surface area (Å²) in [5.74, 6) is -0.280. The Morgan fingerprint density at radius 3 is 1.69 bits per heavy atom. The van der Waals surface area contributed by atoms with Crippen LogP contribution in [-0.4, -0.2) is 28.5 Å². The maximum absolute atomic E-state index is 13.7. The molecule has 0 bridgehead atoms. The summed E-state index contributed by atoms with van der Waals surface area (Å²) in [5.41, 5.74) is 0.466. The van der Waals surface area contributed by atoms with Crippen LogP contribution < -0.4 is 0 Å². The monoisotopic (exact) mass is 402 g/mol. The minimum Gasteiger partial charge on any atom is -0.391 e. The fourth-order valence-corrected chi connectivity index (χ4v) is 5.43. The molecule has 29 heavy (non-hydrogen) atoms. The molecule has 1 N–H and O–H groups in total. The zero-order valence-electron chi connectivity index (χ0n) is 15.9. The third-order valence-corrected chi connectivity index (χ3v) is 6.93. The van der Waals surface area contributed by atoms with E-state index < -0.39 is 11.5 Å². The first-order chi connectivity index (χ1) is 14.1. The number of hydrogen-bond donors (Lipinski definition) is 1. The Balaban J connectivity index is 1.82. The van der Waals surface area contributed by atoms with Gasteiger partial charge in [-0.2, -0.15) is 11.8 Å². The quantitative estimate of drug-likeness (QED) is 0.483. The van der Waals surface area contributed by atoms with Crippen molar-refractivity contribution < 1.29 is 14.7 Å². The van der Waals surface area contributed by atoms with E-state index in [-0.39, 0.29) is 23.2 Å². The standard InChI is InChI=1S/C25H22O3S/c26-22-17-29-21(18-10-4-1-5-11-18)16-25(22,23(27)19-12-6-2-7-13-19)24(28)20-14-8-3-9-15-20/h1-15,21-22,26H,16-17H2/t21-,22+/m0/s1. The first-order valence-corrected chi connectivity index (χ1v) is 10.7. The van der Waals surface area contributed by atoms with E-state index in [0.29, 0.717) is 16.9 Å². The van der Waals surface area contributed by atoms with Crippen LogP contribution in [0.5, 0.6) is 0 Å². The second-order valence-electron chi connectivity index (χ2n) is 7.31. The number of benzene rings is 3. The molecule has 4 rings (SSSR count). The Labute approximate surface area is 174 Å². The Bertz CT molecular complexity index is 935. The second kappa shape index (κ2) is 8.36. The summed E-state index contributed by atoms with van der Waals surface area (Å²) < 4.78 is 0. The molecule has 0 radical (unpaired) electrons. The van der Waals surface area contributed by atoms with Gasteiger partial charge in [-0.05, 0) is 12.0 Å². The van der Waals surface area contributed by atoms with E-state index in [9.17, 15) is 14.7 Å². The molecule has 4 heteroatoms. The molecule has 0 amide bonds. The van der Waals surface area contributed by atoms with E-state index >= 15 is 0 Å². The molecule has 1 aliphatic heterocycles. The first kappa shape index (κ1) is 19.6. The van der Waals surface area contributed by atoms with Gasteiger partial charge in [-0.25, -0.2) is 0 Å². The highest BCUT2D eigenvalue weighted by Crippen LogP contribution is 2.50. The van der Waals surface area contributed by atoms with Gasteiger partial charge in [0.05, 0.1) is 6.10 Å². The molecular weight excluding hydrogens is 380 g/mol. The number of aliphatic hydroxyl groups excluding tert-OH is 1. The van der Waals surface area contributed by atoms with E-state index in [4.69, 9.17) is 0 Å². The first-order valence-electron chi connectivity index (χ1n) is 9.67. The van der Waals surface area contributed by atoms with E-state index in [1.165, 1.54) is 0 Å². The van der Waals surface area contributed by atoms with Gasteiger partial charge in [-0.3, -0.25) is 9.59 Å². The SMILES string of the molecule is O=C(c1ccccc1)C1(C(=O)c2ccccc2)C[C@@H](c2ccccc2)SC[C@H]1O. The Kier molecular flexibility index (Phi) is 5.65. The molecule has 1 fully saturated rings. The summed E-state index contributed by atoms with van der Waals surface area (Å²) in [5, 5.41) is 11.0. The number of hydrogen-bond acceptors (Lipinski definition) is 4. The highest BCUT2D eigenvalue weighted by molar-refractivity contribution is 7.99. The van der Waals surface area contributed by atoms with Crippen LogP contribution in [0.1, 0.15) is 38.0 Å². The van der Waals surface area contributed by atoms with E-state index in [0.717, 1.165) is 5.56 Å². The van der Waals surface area contributed by atoms with Gasteiger partial charge in [0.1, 0.15) is 5.41 Å². The lowest BCUT2D eigenvalue weighted by molar-refractivity contribution is 0.0267. The average molecular weight is 403 g/mol. The fourth-order valence-electron chi connectivity index (χ4n) is 4.00. The topological polar surface area (TPSA) is 54.4 Å². The van der Waals surface area contributed by atoms with Gasteiger partial charge in [0.25, 0.3) is 0 Å². The zero-order valence-corrected chi connectivity index (χ0v) is 16.7. The molecule has 3 aromatic carbocycles. The Hall–Kier alpha value is -2.69. The summed E-state index contributed by atoms with van der Waals surface area (Å²) in [4.78, 5) is 27.5. The normalized spacial score (nSPS) is 20.7. The van der Waals surface area contributed by atoms with Crippen molar-refractivity contribution in [2.75, 3.05) is 5.75 Å². The third-order valence-electron chi connectivity index (χ3n) is 5.59. The summed E-state index contributed by atoms with van der Waals surface area (Å²) in [6, 6.07) is 27.6. The van der Waals surface area contributed by atoms with Crippen molar-refractivity contribution in [3.8, 4) is 0 Å². The molecule has 0 spiro atoms. The maximum Gasteiger partial charge on any atom is 0.179 e. The maximum atomic E-state index is 13.7. The number of thioether (sulfide) groups is 1. The number of ketones is 2. The minimum atomic E-state index is -1.51. The predicted octanol–water partition coefficient (Wildman–Crippen LogP) is 4.98. The number of aliphatic hydroxyl groups is 1. The highest BCUT2D eigenvalue weighted by Gasteiger charge is 2.55. The fraction of sp³-hybridized carbons (Fsp3) is 0.200. The van der Waals surface area contributed by atoms with Crippen molar-refractivity contribution in [3.63, 3.8) is 0 Å². The number of carbonyl (C=O) groups is 2. The zero-order chi connectivity index (χ0) is 20.3. The summed E-state index contributed by atoms with van der Waals surface area (Å²) in [7, 11) is 0. The molecule has 3 aromatic rings. The van der Waals surface area contributed by atoms with Gasteiger partial charge in [-0.15, -0.1) is 0 Å². The van der Waals surface area contributed by atoms with E-state index in [1.807, 2.05) is 42.5 Å². The average Bonchev–Trinajstić information content (AvgIpc) is 2.80. The molecule has 1 aliphatic rings. The van der Waals surface area contributed by atoms with E-state index in [2.05, 4.69) is 0 Å². The number of Topliss-reactive ketones (excluding diaryl/α,β-unsaturated/α-hetero) is 2. The largest absolute Gasteiger partial charge is 0.391 e. The molecule has 1 saturated heterocycles. The second-order valence-corrected chi connectivity index (χ2v) is 8.55. The molecule has 2 atom stereocenters. The van der Waals surface area contributed by atoms with Gasteiger partial charge in [0.15, 0.2) is 11.6 Å². The van der Waals surface area contributed by atoms with Gasteiger partial charge in [-0.1, -0.05) is 91.0 Å². The molecule has 146 valence electrons. The predicted molar refractivity (Wildman–Crippen MR) is 116 cm³/mol. The van der Waals surface area contributed by atoms with Gasteiger partial charge in [0, 0.05) is 22.1 Å². The molecule has 1 heterocycles. The Morgan fingerprint density at radius 1 is 0.759 bits per heavy atom. The van der Waals surface area contributed by atoms with Gasteiger partial charge in [0.2, 0.25) is 0 Å². The molecule has 0 saturated carbocycles. The van der Waals surface area contributed by atoms with Crippen molar-refractivity contribution in [1.82, 2.24) is 0 Å². The van der Waals surface area contributed by atoms with E-state index in [1.54, 1.807) is 60.3 Å². The van der Waals surface area contributed by atoms with Crippen LogP contribution >= 0.6 is 11.8 Å². The lowest BCUT2D eigenvalue weighted by Gasteiger charge is -2.42. The molecule has 0 aliphatic carbocycles. The molecule has 3 nitrogen and oxygen atoms in total. The number of carbonyl (C=O) groups excluding carboxylic acids is 2. The smallest absolute Gasteiger partial charge is 0.179 e. The lowest BCUT2D eigenvalue weighted by atomic mass is 9.67. The third kappa shape index (κ3) is 3.66. The van der Waals surface area contributed by atoms with Crippen LogP contribution in [0.2, 0.25) is 0 Å². The van der Waals surface area contributed by atoms with Crippen LogP contribution in [0.3, 0.4) is 0 Å². The van der Waals surface area contributed by atoms with Gasteiger partial charge >= 0.3 is 0 Å². The molecular formula is C25H22O3S. The van der Waals surface area contributed by atoms with Crippen LogP contribution in [0, 0.1) is 5.41 Å². The van der Waals surface area contributed by atoms with Crippen molar-refractivity contribution in [2.24, 2.45) is 5.41 Å². The molecule has 0 unspecified atom stereocenters. The summed E-state index contributed by atoms with van der Waals surface area (Å²) >= 11 is 1.60. The summed E-state index contributed by atoms with van der Waals surface area (Å²) in [6.07, 6.45) is -0.780. The van der Waals surface area contributed by atoms with Crippen molar-refractivity contribution in [1.29, 1.82) is 0 Å². The van der Waals surface area contributed by atoms with Crippen LogP contribution in [0.25, 0.3) is 0 Å². The molecule has 0 aromatic heterocycles. The summed E-state index contributed by atoms with van der Waals surface area (Å²) in [6.45, 7) is 0. The van der Waals surface area contributed by atoms with Crippen LogP contribution in [0.15, 0.2) is 91.0 Å². The number of rotatable bonds is 5. The lowest BCUT2D eigenvalue weighted by Crippen LogP contribution is -2.53. The van der Waals surface area contributed by atoms with Crippen molar-refractivity contribution in [3.05, 3.63) is 108 Å². The van der Waals surface area contributed by atoms with Crippen LogP contribution in [-0.2, 0) is 0 Å². The van der Waals surface area contributed by atoms with Crippen molar-refractivity contribution >= 4 is 23.3 Å². The van der Waals surface area contributed by atoms with Crippen molar-refractivity contribution in [2.45, 2.75) is 17.8 Å². The minimum absolute atomic E-state index is 0.0417. The van der Waals surface area contributed by atoms with Crippen LogP contribution in [0.4, 0.5) is 0 Å². The Morgan fingerprint density at radius 2 is 1.21 bits per heavy atom. The van der Waals surface area contributed by atoms with Gasteiger partial charge < -0.3 is 5.11 Å². The highest BCUT2D eigenvalue weighted by atomic mass is 32.2.